The molecule has 2 aliphatic rings. The molecule has 0 unspecified atom stereocenters. The van der Waals surface area contributed by atoms with Gasteiger partial charge < -0.3 is 10.6 Å². The van der Waals surface area contributed by atoms with Crippen LogP contribution in [-0.2, 0) is 0 Å². The Morgan fingerprint density at radius 2 is 2.00 bits per heavy atom. The second kappa shape index (κ2) is 6.48. The summed E-state index contributed by atoms with van der Waals surface area (Å²) in [5.74, 6) is 0. The van der Waals surface area contributed by atoms with Gasteiger partial charge in [-0.15, -0.1) is 0 Å². The summed E-state index contributed by atoms with van der Waals surface area (Å²) in [5, 5.41) is 6.85. The summed E-state index contributed by atoms with van der Waals surface area (Å²) in [6.45, 7) is 3.92. The van der Waals surface area contributed by atoms with Gasteiger partial charge in [-0.3, -0.25) is 4.99 Å². The largest absolute Gasteiger partial charge is 0.387 e. The smallest absolute Gasteiger partial charge is 0.0389 e. The number of hydrogen-bond donors (Lipinski definition) is 2. The summed E-state index contributed by atoms with van der Waals surface area (Å²) in [7, 11) is 0. The minimum Gasteiger partial charge on any atom is -0.387 e. The van der Waals surface area contributed by atoms with Gasteiger partial charge in [0.15, 0.2) is 0 Å². The molecule has 2 rings (SSSR count). The van der Waals surface area contributed by atoms with Gasteiger partial charge in [-0.2, -0.15) is 0 Å². The van der Waals surface area contributed by atoms with Gasteiger partial charge in [0.1, 0.15) is 0 Å². The number of allylic oxidation sites excluding steroid dienone is 1. The van der Waals surface area contributed by atoms with Crippen LogP contribution in [0.15, 0.2) is 28.4 Å². The molecular weight excluding hydrogens is 198 g/mol. The highest BCUT2D eigenvalue weighted by Gasteiger charge is 2.10. The molecule has 3 nitrogen and oxygen atoms in total. The molecule has 0 saturated heterocycles. The van der Waals surface area contributed by atoms with E-state index >= 15 is 0 Å². The summed E-state index contributed by atoms with van der Waals surface area (Å²) in [4.78, 5) is 4.49. The Morgan fingerprint density at radius 3 is 3.00 bits per heavy atom. The molecule has 0 aromatic heterocycles. The summed E-state index contributed by atoms with van der Waals surface area (Å²) >= 11 is 0. The fraction of sp³-hybridized carbons (Fsp3) is 0.615. The van der Waals surface area contributed by atoms with E-state index in [-0.39, 0.29) is 0 Å². The average Bonchev–Trinajstić information content (AvgIpc) is 2.73. The fourth-order valence-corrected chi connectivity index (χ4v) is 2.02. The van der Waals surface area contributed by atoms with E-state index in [2.05, 4.69) is 27.8 Å². The first-order valence-electron chi connectivity index (χ1n) is 6.28. The van der Waals surface area contributed by atoms with E-state index in [1.54, 1.807) is 0 Å². The van der Waals surface area contributed by atoms with Gasteiger partial charge >= 0.3 is 0 Å². The highest BCUT2D eigenvalue weighted by Crippen LogP contribution is 2.06. The maximum absolute atomic E-state index is 4.49. The number of hydrogen-bond acceptors (Lipinski definition) is 3. The van der Waals surface area contributed by atoms with E-state index < -0.39 is 0 Å². The van der Waals surface area contributed by atoms with E-state index in [9.17, 15) is 0 Å². The Hall–Kier alpha value is -1.09. The lowest BCUT2D eigenvalue weighted by molar-refractivity contribution is 0.749. The Kier molecular flexibility index (Phi) is 4.62. The first kappa shape index (κ1) is 11.4. The van der Waals surface area contributed by atoms with Crippen LogP contribution in [0.25, 0.3) is 0 Å². The predicted molar refractivity (Wildman–Crippen MR) is 68.9 cm³/mol. The third-order valence-corrected chi connectivity index (χ3v) is 2.98. The van der Waals surface area contributed by atoms with Crippen molar-refractivity contribution in [3.8, 4) is 0 Å². The molecule has 0 aromatic rings. The zero-order valence-electron chi connectivity index (χ0n) is 9.84. The molecule has 0 spiro atoms. The molecule has 2 aliphatic heterocycles. The van der Waals surface area contributed by atoms with Crippen LogP contribution in [0, 0.1) is 0 Å². The van der Waals surface area contributed by atoms with Crippen molar-refractivity contribution in [1.82, 2.24) is 10.6 Å². The van der Waals surface area contributed by atoms with Gasteiger partial charge in [0.25, 0.3) is 0 Å². The molecule has 3 heteroatoms. The molecule has 0 saturated carbocycles. The monoisotopic (exact) mass is 219 g/mol. The Labute approximate surface area is 97.7 Å². The van der Waals surface area contributed by atoms with Crippen molar-refractivity contribution in [2.24, 2.45) is 4.99 Å². The molecule has 0 atom stereocenters. The fourth-order valence-electron chi connectivity index (χ4n) is 2.02. The lowest BCUT2D eigenvalue weighted by Gasteiger charge is -2.05. The molecule has 2 heterocycles. The third-order valence-electron chi connectivity index (χ3n) is 2.98. The number of rotatable bonds is 0. The molecule has 0 fully saturated rings. The van der Waals surface area contributed by atoms with Crippen LogP contribution in [0.2, 0.25) is 0 Å². The Morgan fingerprint density at radius 1 is 1.06 bits per heavy atom. The lowest BCUT2D eigenvalue weighted by Crippen LogP contribution is -2.19. The van der Waals surface area contributed by atoms with Crippen LogP contribution in [0.5, 0.6) is 0 Å². The van der Waals surface area contributed by atoms with E-state index in [0.717, 1.165) is 32.6 Å². The van der Waals surface area contributed by atoms with Crippen LogP contribution in [0.1, 0.15) is 25.7 Å². The van der Waals surface area contributed by atoms with Gasteiger partial charge in [-0.1, -0.05) is 12.2 Å². The van der Waals surface area contributed by atoms with Crippen LogP contribution in [-0.4, -0.2) is 32.4 Å². The number of aliphatic imine (C=N–C) groups is 1. The minimum atomic E-state index is 0.960. The van der Waals surface area contributed by atoms with Crippen molar-refractivity contribution >= 4 is 6.21 Å². The lowest BCUT2D eigenvalue weighted by atomic mass is 10.2. The van der Waals surface area contributed by atoms with Crippen LogP contribution >= 0.6 is 0 Å². The average molecular weight is 219 g/mol. The zero-order valence-corrected chi connectivity index (χ0v) is 9.84. The van der Waals surface area contributed by atoms with E-state index in [4.69, 9.17) is 0 Å². The van der Waals surface area contributed by atoms with Crippen molar-refractivity contribution in [2.45, 2.75) is 25.7 Å². The van der Waals surface area contributed by atoms with E-state index in [1.807, 2.05) is 6.21 Å². The van der Waals surface area contributed by atoms with Gasteiger partial charge in [0, 0.05) is 43.7 Å². The first-order chi connectivity index (χ1) is 7.97. The van der Waals surface area contributed by atoms with Crippen molar-refractivity contribution in [3.63, 3.8) is 0 Å². The van der Waals surface area contributed by atoms with Crippen LogP contribution in [0.4, 0.5) is 0 Å². The topological polar surface area (TPSA) is 36.4 Å². The van der Waals surface area contributed by atoms with E-state index in [1.165, 1.54) is 30.5 Å². The summed E-state index contributed by atoms with van der Waals surface area (Å²) < 4.78 is 0. The number of nitrogens with zero attached hydrogens (tertiary/aromatic N) is 1. The molecule has 0 aliphatic carbocycles. The van der Waals surface area contributed by atoms with Crippen molar-refractivity contribution in [1.29, 1.82) is 0 Å². The molecule has 0 radical (unpaired) electrons. The maximum atomic E-state index is 4.49. The maximum Gasteiger partial charge on any atom is 0.0389 e. The number of nitrogens with one attached hydrogen (secondary N) is 2. The van der Waals surface area contributed by atoms with Gasteiger partial charge in [-0.05, 0) is 25.7 Å². The third kappa shape index (κ3) is 3.49. The highest BCUT2D eigenvalue weighted by atomic mass is 15.0. The van der Waals surface area contributed by atoms with Gasteiger partial charge in [0.05, 0.1) is 0 Å². The Bertz CT molecular complexity index is 302. The molecule has 2 N–H and O–H groups in total. The van der Waals surface area contributed by atoms with Crippen molar-refractivity contribution in [3.05, 3.63) is 23.4 Å². The van der Waals surface area contributed by atoms with Crippen LogP contribution < -0.4 is 10.6 Å². The second-order valence-corrected chi connectivity index (χ2v) is 4.33. The molecule has 16 heavy (non-hydrogen) atoms. The van der Waals surface area contributed by atoms with Crippen LogP contribution in [0.3, 0.4) is 0 Å². The highest BCUT2D eigenvalue weighted by molar-refractivity contribution is 5.81. The van der Waals surface area contributed by atoms with E-state index in [0.29, 0.717) is 0 Å². The quantitative estimate of drug-likeness (QED) is 0.608. The summed E-state index contributed by atoms with van der Waals surface area (Å²) in [6.07, 6.45) is 11.4. The molecular formula is C13H21N3. The second-order valence-electron chi connectivity index (χ2n) is 4.33. The van der Waals surface area contributed by atoms with Gasteiger partial charge in [-0.25, -0.2) is 0 Å². The normalized spacial score (nSPS) is 25.0. The minimum absolute atomic E-state index is 0.960. The standard InChI is InChI=1S/C13H21N3/c1-2-4-6-8-16-13-11-15-10-12(13)9-14-7-5-3-1/h2,4,9,15-16H,1,3,5-8,10-11H2/b4-2+,14-9?. The molecule has 0 bridgehead atoms. The molecule has 0 aromatic carbocycles. The summed E-state index contributed by atoms with van der Waals surface area (Å²) in [6, 6.07) is 0. The Balaban J connectivity index is 1.97. The predicted octanol–water partition coefficient (Wildman–Crippen LogP) is 1.63. The molecule has 0 amide bonds. The summed E-state index contributed by atoms with van der Waals surface area (Å²) in [5.41, 5.74) is 2.67. The molecule has 88 valence electrons. The SMILES string of the molecule is C1=NCCCC/C=C/CCNC2=C1CNC2. The first-order valence-corrected chi connectivity index (χ1v) is 6.28. The van der Waals surface area contributed by atoms with Crippen molar-refractivity contribution in [2.75, 3.05) is 26.2 Å². The zero-order chi connectivity index (χ0) is 11.1. The van der Waals surface area contributed by atoms with Gasteiger partial charge in [0.2, 0.25) is 0 Å². The van der Waals surface area contributed by atoms with Crippen molar-refractivity contribution < 1.29 is 0 Å².